The molecule has 3 rings (SSSR count). The van der Waals surface area contributed by atoms with Crippen molar-refractivity contribution in [1.29, 1.82) is 0 Å². The van der Waals surface area contributed by atoms with Crippen LogP contribution in [0.5, 0.6) is 11.5 Å². The van der Waals surface area contributed by atoms with Crippen molar-refractivity contribution in [2.75, 3.05) is 20.7 Å². The van der Waals surface area contributed by atoms with Crippen molar-refractivity contribution >= 4 is 5.91 Å². The van der Waals surface area contributed by atoms with Gasteiger partial charge in [-0.25, -0.2) is 0 Å². The molecule has 1 heterocycles. The molecule has 1 unspecified atom stereocenters. The number of hydrogen-bond donors (Lipinski definition) is 1. The van der Waals surface area contributed by atoms with Gasteiger partial charge in [0, 0.05) is 13.6 Å². The molecule has 0 saturated carbocycles. The topological polar surface area (TPSA) is 50.8 Å². The summed E-state index contributed by atoms with van der Waals surface area (Å²) in [7, 11) is 3.47. The summed E-state index contributed by atoms with van der Waals surface area (Å²) in [6.07, 6.45) is 1.98. The van der Waals surface area contributed by atoms with E-state index in [0.29, 0.717) is 24.7 Å². The minimum atomic E-state index is -0.0459. The maximum Gasteiger partial charge on any atom is 0.239 e. The molecular weight excluding hydrogens is 328 g/mol. The molecule has 138 valence electrons. The molecule has 5 heteroatoms. The average Bonchev–Trinajstić information content (AvgIpc) is 3.21. The molecule has 1 N–H and O–H groups in total. The van der Waals surface area contributed by atoms with Crippen LogP contribution in [0.3, 0.4) is 0 Å². The Morgan fingerprint density at radius 2 is 1.96 bits per heavy atom. The highest BCUT2D eigenvalue weighted by Gasteiger charge is 2.25. The second-order valence-electron chi connectivity index (χ2n) is 6.60. The second-order valence-corrected chi connectivity index (χ2v) is 6.60. The number of nitrogens with zero attached hydrogens (tertiary/aromatic N) is 1. The smallest absolute Gasteiger partial charge is 0.239 e. The summed E-state index contributed by atoms with van der Waals surface area (Å²) in [5, 5.41) is 3.25. The van der Waals surface area contributed by atoms with Crippen molar-refractivity contribution in [2.24, 2.45) is 0 Å². The number of amides is 1. The standard InChI is InChI=1S/C21H26N2O3/c1-23(21(24)18-9-6-12-22-18)14-17-10-11-19(20(13-17)25-2)26-15-16-7-4-3-5-8-16/h3-5,7-8,10-11,13,18,22H,6,9,12,14-15H2,1-2H3. The van der Waals surface area contributed by atoms with Gasteiger partial charge in [0.15, 0.2) is 11.5 Å². The molecule has 2 aromatic carbocycles. The molecule has 26 heavy (non-hydrogen) atoms. The number of nitrogens with one attached hydrogen (secondary N) is 1. The Morgan fingerprint density at radius 3 is 2.65 bits per heavy atom. The van der Waals surface area contributed by atoms with Gasteiger partial charge in [-0.1, -0.05) is 36.4 Å². The van der Waals surface area contributed by atoms with Crippen molar-refractivity contribution in [3.63, 3.8) is 0 Å². The highest BCUT2D eigenvalue weighted by molar-refractivity contribution is 5.81. The van der Waals surface area contributed by atoms with Gasteiger partial charge < -0.3 is 19.7 Å². The highest BCUT2D eigenvalue weighted by atomic mass is 16.5. The fourth-order valence-corrected chi connectivity index (χ4v) is 3.18. The number of ether oxygens (including phenoxy) is 2. The van der Waals surface area contributed by atoms with Crippen LogP contribution in [0.4, 0.5) is 0 Å². The fourth-order valence-electron chi connectivity index (χ4n) is 3.18. The molecule has 2 aromatic rings. The number of carbonyl (C=O) groups excluding carboxylic acids is 1. The van der Waals surface area contributed by atoms with Gasteiger partial charge in [0.1, 0.15) is 6.61 Å². The summed E-state index contributed by atoms with van der Waals surface area (Å²) in [5.74, 6) is 1.52. The van der Waals surface area contributed by atoms with Crippen LogP contribution in [-0.2, 0) is 17.9 Å². The summed E-state index contributed by atoms with van der Waals surface area (Å²) in [4.78, 5) is 14.2. The molecule has 1 aliphatic heterocycles. The quantitative estimate of drug-likeness (QED) is 0.830. The molecular formula is C21H26N2O3. The van der Waals surface area contributed by atoms with Crippen molar-refractivity contribution in [1.82, 2.24) is 10.2 Å². The number of rotatable bonds is 7. The molecule has 1 fully saturated rings. The zero-order valence-electron chi connectivity index (χ0n) is 15.4. The van der Waals surface area contributed by atoms with Gasteiger partial charge >= 0.3 is 0 Å². The first-order valence-corrected chi connectivity index (χ1v) is 8.99. The third kappa shape index (κ3) is 4.55. The first kappa shape index (κ1) is 18.3. The summed E-state index contributed by atoms with van der Waals surface area (Å²) < 4.78 is 11.4. The first-order valence-electron chi connectivity index (χ1n) is 8.99. The Labute approximate surface area is 154 Å². The third-order valence-corrected chi connectivity index (χ3v) is 4.62. The number of benzene rings is 2. The Kier molecular flexibility index (Phi) is 6.12. The van der Waals surface area contributed by atoms with Crippen molar-refractivity contribution in [3.05, 3.63) is 59.7 Å². The molecule has 1 saturated heterocycles. The van der Waals surface area contributed by atoms with E-state index >= 15 is 0 Å². The minimum Gasteiger partial charge on any atom is -0.493 e. The number of methoxy groups -OCH3 is 1. The summed E-state index contributed by atoms with van der Waals surface area (Å²) >= 11 is 0. The van der Waals surface area contributed by atoms with E-state index in [9.17, 15) is 4.79 Å². The number of likely N-dealkylation sites (N-methyl/N-ethyl adjacent to an activating group) is 1. The number of carbonyl (C=O) groups is 1. The van der Waals surface area contributed by atoms with Crippen LogP contribution in [0.2, 0.25) is 0 Å². The van der Waals surface area contributed by atoms with E-state index in [1.54, 1.807) is 12.0 Å². The van der Waals surface area contributed by atoms with E-state index in [2.05, 4.69) is 5.32 Å². The molecule has 1 atom stereocenters. The van der Waals surface area contributed by atoms with E-state index in [0.717, 1.165) is 30.5 Å². The Balaban J connectivity index is 1.63. The lowest BCUT2D eigenvalue weighted by Crippen LogP contribution is -2.41. The van der Waals surface area contributed by atoms with Crippen LogP contribution >= 0.6 is 0 Å². The molecule has 1 amide bonds. The maximum absolute atomic E-state index is 12.4. The van der Waals surface area contributed by atoms with Gasteiger partial charge in [-0.05, 0) is 42.6 Å². The highest BCUT2D eigenvalue weighted by Crippen LogP contribution is 2.29. The molecule has 0 aliphatic carbocycles. The Bertz CT molecular complexity index is 727. The normalized spacial score (nSPS) is 16.3. The van der Waals surface area contributed by atoms with Gasteiger partial charge in [-0.3, -0.25) is 4.79 Å². The van der Waals surface area contributed by atoms with Gasteiger partial charge in [-0.2, -0.15) is 0 Å². The molecule has 1 aliphatic rings. The molecule has 0 aromatic heterocycles. The summed E-state index contributed by atoms with van der Waals surface area (Å²) in [6.45, 7) is 1.96. The average molecular weight is 354 g/mol. The van der Waals surface area contributed by atoms with Crippen molar-refractivity contribution in [2.45, 2.75) is 32.0 Å². The van der Waals surface area contributed by atoms with E-state index in [4.69, 9.17) is 9.47 Å². The maximum atomic E-state index is 12.4. The lowest BCUT2D eigenvalue weighted by atomic mass is 10.1. The van der Waals surface area contributed by atoms with Crippen molar-refractivity contribution in [3.8, 4) is 11.5 Å². The van der Waals surface area contributed by atoms with Crippen LogP contribution < -0.4 is 14.8 Å². The lowest BCUT2D eigenvalue weighted by Gasteiger charge is -2.22. The first-order chi connectivity index (χ1) is 12.7. The van der Waals surface area contributed by atoms with E-state index in [-0.39, 0.29) is 11.9 Å². The van der Waals surface area contributed by atoms with Crippen molar-refractivity contribution < 1.29 is 14.3 Å². The van der Waals surface area contributed by atoms with E-state index in [1.165, 1.54) is 0 Å². The molecule has 0 radical (unpaired) electrons. The van der Waals surface area contributed by atoms with E-state index in [1.807, 2.05) is 55.6 Å². The van der Waals surface area contributed by atoms with E-state index < -0.39 is 0 Å². The van der Waals surface area contributed by atoms with Gasteiger partial charge in [-0.15, -0.1) is 0 Å². The van der Waals surface area contributed by atoms with Crippen LogP contribution in [0.15, 0.2) is 48.5 Å². The Morgan fingerprint density at radius 1 is 1.15 bits per heavy atom. The summed E-state index contributed by atoms with van der Waals surface area (Å²) in [5.41, 5.74) is 2.12. The van der Waals surface area contributed by atoms with Crippen LogP contribution in [0, 0.1) is 0 Å². The molecule has 0 spiro atoms. The van der Waals surface area contributed by atoms with Crippen LogP contribution in [0.25, 0.3) is 0 Å². The van der Waals surface area contributed by atoms with Crippen LogP contribution in [0.1, 0.15) is 24.0 Å². The predicted molar refractivity (Wildman–Crippen MR) is 101 cm³/mol. The van der Waals surface area contributed by atoms with Gasteiger partial charge in [0.2, 0.25) is 5.91 Å². The summed E-state index contributed by atoms with van der Waals surface area (Å²) in [6, 6.07) is 15.8. The second kappa shape index (κ2) is 8.72. The zero-order chi connectivity index (χ0) is 18.4. The molecule has 5 nitrogen and oxygen atoms in total. The zero-order valence-corrected chi connectivity index (χ0v) is 15.4. The fraction of sp³-hybridized carbons (Fsp3) is 0.381. The van der Waals surface area contributed by atoms with Crippen LogP contribution in [-0.4, -0.2) is 37.6 Å². The molecule has 0 bridgehead atoms. The van der Waals surface area contributed by atoms with Gasteiger partial charge in [0.05, 0.1) is 13.2 Å². The number of hydrogen-bond acceptors (Lipinski definition) is 4. The Hall–Kier alpha value is -2.53. The minimum absolute atomic E-state index is 0.0459. The SMILES string of the molecule is COc1cc(CN(C)C(=O)C2CCCN2)ccc1OCc1ccccc1. The monoisotopic (exact) mass is 354 g/mol. The third-order valence-electron chi connectivity index (χ3n) is 4.62. The lowest BCUT2D eigenvalue weighted by molar-refractivity contribution is -0.132. The van der Waals surface area contributed by atoms with Gasteiger partial charge in [0.25, 0.3) is 0 Å². The predicted octanol–water partition coefficient (Wildman–Crippen LogP) is 2.98. The largest absolute Gasteiger partial charge is 0.493 e.